The van der Waals surface area contributed by atoms with Crippen LogP contribution < -0.4 is 11.1 Å². The van der Waals surface area contributed by atoms with Crippen LogP contribution in [0.5, 0.6) is 0 Å². The molecule has 0 bridgehead atoms. The number of rotatable bonds is 8. The van der Waals surface area contributed by atoms with E-state index in [0.717, 1.165) is 12.1 Å². The molecule has 0 heterocycles. The minimum atomic E-state index is -4.46. The average molecular weight is 374 g/mol. The molecule has 0 unspecified atom stereocenters. The van der Waals surface area contributed by atoms with Crippen LogP contribution in [0.15, 0.2) is 24.3 Å². The summed E-state index contributed by atoms with van der Waals surface area (Å²) in [5.41, 5.74) is 4.76. The molecule has 0 fully saturated rings. The van der Waals surface area contributed by atoms with Crippen molar-refractivity contribution >= 4 is 17.8 Å². The van der Waals surface area contributed by atoms with Gasteiger partial charge in [-0.15, -0.1) is 0 Å². The van der Waals surface area contributed by atoms with E-state index in [1.165, 1.54) is 19.1 Å². The third-order valence-electron chi connectivity index (χ3n) is 3.60. The van der Waals surface area contributed by atoms with Crippen molar-refractivity contribution in [2.45, 2.75) is 38.9 Å². The van der Waals surface area contributed by atoms with Gasteiger partial charge < -0.3 is 15.8 Å². The van der Waals surface area contributed by atoms with Gasteiger partial charge >= 0.3 is 12.1 Å². The number of primary amides is 1. The first kappa shape index (κ1) is 21.5. The number of halogens is 3. The van der Waals surface area contributed by atoms with Crippen LogP contribution in [0.1, 0.15) is 31.4 Å². The maximum Gasteiger partial charge on any atom is 0.416 e. The topological polar surface area (TPSA) is 98.5 Å². The molecule has 0 aliphatic rings. The maximum absolute atomic E-state index is 12.5. The van der Waals surface area contributed by atoms with E-state index in [1.807, 2.05) is 0 Å². The summed E-state index contributed by atoms with van der Waals surface area (Å²) in [6, 6.07) is 3.02. The van der Waals surface area contributed by atoms with E-state index in [-0.39, 0.29) is 19.4 Å². The standard InChI is InChI=1S/C17H21F3N2O4/c1-3-26-16(25)10(2)8-13(15(21)24)22-14(23)9-11-4-6-12(7-5-11)17(18,19)20/h4-7,10,13H,3,8-9H2,1-2H3,(H2,21,24)(H,22,23)/t10-,13+/m0/s1. The lowest BCUT2D eigenvalue weighted by Crippen LogP contribution is -2.46. The van der Waals surface area contributed by atoms with Gasteiger partial charge in [0.2, 0.25) is 11.8 Å². The van der Waals surface area contributed by atoms with Gasteiger partial charge in [-0.2, -0.15) is 13.2 Å². The molecule has 144 valence electrons. The van der Waals surface area contributed by atoms with E-state index in [4.69, 9.17) is 10.5 Å². The van der Waals surface area contributed by atoms with Crippen molar-refractivity contribution in [2.75, 3.05) is 6.61 Å². The summed E-state index contributed by atoms with van der Waals surface area (Å²) in [4.78, 5) is 35.1. The van der Waals surface area contributed by atoms with Gasteiger partial charge in [0.1, 0.15) is 6.04 Å². The molecule has 2 atom stereocenters. The number of hydrogen-bond donors (Lipinski definition) is 2. The van der Waals surface area contributed by atoms with Crippen LogP contribution in [-0.4, -0.2) is 30.4 Å². The van der Waals surface area contributed by atoms with Crippen molar-refractivity contribution in [3.63, 3.8) is 0 Å². The van der Waals surface area contributed by atoms with Crippen LogP contribution in [0.2, 0.25) is 0 Å². The van der Waals surface area contributed by atoms with Crippen LogP contribution in [0.3, 0.4) is 0 Å². The molecule has 9 heteroatoms. The highest BCUT2D eigenvalue weighted by molar-refractivity contribution is 5.88. The smallest absolute Gasteiger partial charge is 0.416 e. The number of carbonyl (C=O) groups excluding carboxylic acids is 3. The van der Waals surface area contributed by atoms with Gasteiger partial charge in [-0.1, -0.05) is 19.1 Å². The number of alkyl halides is 3. The molecule has 0 radical (unpaired) electrons. The molecule has 3 N–H and O–H groups in total. The molecule has 0 aliphatic carbocycles. The van der Waals surface area contributed by atoms with Crippen LogP contribution in [0, 0.1) is 5.92 Å². The zero-order valence-corrected chi connectivity index (χ0v) is 14.4. The predicted octanol–water partition coefficient (Wildman–Crippen LogP) is 1.81. The van der Waals surface area contributed by atoms with E-state index in [9.17, 15) is 27.6 Å². The fraction of sp³-hybridized carbons (Fsp3) is 0.471. The quantitative estimate of drug-likeness (QED) is 0.678. The summed E-state index contributed by atoms with van der Waals surface area (Å²) >= 11 is 0. The van der Waals surface area contributed by atoms with Crippen molar-refractivity contribution < 1.29 is 32.3 Å². The van der Waals surface area contributed by atoms with Gasteiger partial charge in [0.25, 0.3) is 0 Å². The summed E-state index contributed by atoms with van der Waals surface area (Å²) in [5, 5.41) is 2.39. The van der Waals surface area contributed by atoms with E-state index in [0.29, 0.717) is 5.56 Å². The number of esters is 1. The van der Waals surface area contributed by atoms with E-state index in [1.54, 1.807) is 6.92 Å². The number of carbonyl (C=O) groups is 3. The molecule has 1 rings (SSSR count). The van der Waals surface area contributed by atoms with Crippen molar-refractivity contribution in [2.24, 2.45) is 11.7 Å². The monoisotopic (exact) mass is 374 g/mol. The Balaban J connectivity index is 2.67. The van der Waals surface area contributed by atoms with Crippen molar-refractivity contribution in [3.8, 4) is 0 Å². The normalized spacial score (nSPS) is 13.6. The molecule has 1 aromatic rings. The number of amides is 2. The fourth-order valence-corrected chi connectivity index (χ4v) is 2.22. The van der Waals surface area contributed by atoms with Gasteiger partial charge in [0, 0.05) is 0 Å². The molecule has 0 saturated heterocycles. The maximum atomic E-state index is 12.5. The molecular weight excluding hydrogens is 353 g/mol. The molecule has 26 heavy (non-hydrogen) atoms. The summed E-state index contributed by atoms with van der Waals surface area (Å²) < 4.78 is 42.4. The Hall–Kier alpha value is -2.58. The number of nitrogens with one attached hydrogen (secondary N) is 1. The first-order valence-electron chi connectivity index (χ1n) is 7.96. The molecule has 0 saturated carbocycles. The van der Waals surface area contributed by atoms with E-state index >= 15 is 0 Å². The van der Waals surface area contributed by atoms with Gasteiger partial charge in [0.15, 0.2) is 0 Å². The van der Waals surface area contributed by atoms with Crippen LogP contribution in [-0.2, 0) is 31.7 Å². The molecule has 0 aliphatic heterocycles. The zero-order valence-electron chi connectivity index (χ0n) is 14.4. The first-order valence-corrected chi connectivity index (χ1v) is 7.96. The minimum Gasteiger partial charge on any atom is -0.466 e. The Morgan fingerprint density at radius 2 is 1.77 bits per heavy atom. The molecule has 6 nitrogen and oxygen atoms in total. The lowest BCUT2D eigenvalue weighted by Gasteiger charge is -2.19. The summed E-state index contributed by atoms with van der Waals surface area (Å²) in [7, 11) is 0. The summed E-state index contributed by atoms with van der Waals surface area (Å²) in [6.07, 6.45) is -4.72. The van der Waals surface area contributed by atoms with Crippen LogP contribution >= 0.6 is 0 Å². The minimum absolute atomic E-state index is 0.0348. The highest BCUT2D eigenvalue weighted by Gasteiger charge is 2.30. The molecule has 2 amide bonds. The van der Waals surface area contributed by atoms with Crippen molar-refractivity contribution in [3.05, 3.63) is 35.4 Å². The second kappa shape index (κ2) is 9.21. The number of ether oxygens (including phenoxy) is 1. The van der Waals surface area contributed by atoms with Crippen LogP contribution in [0.25, 0.3) is 0 Å². The Bertz CT molecular complexity index is 644. The van der Waals surface area contributed by atoms with Crippen LogP contribution in [0.4, 0.5) is 13.2 Å². The van der Waals surface area contributed by atoms with E-state index < -0.39 is 41.5 Å². The van der Waals surface area contributed by atoms with E-state index in [2.05, 4.69) is 5.32 Å². The third-order valence-corrected chi connectivity index (χ3v) is 3.60. The lowest BCUT2D eigenvalue weighted by atomic mass is 10.0. The summed E-state index contributed by atoms with van der Waals surface area (Å²) in [6.45, 7) is 3.36. The van der Waals surface area contributed by atoms with Crippen molar-refractivity contribution in [1.82, 2.24) is 5.32 Å². The molecule has 0 spiro atoms. The number of benzene rings is 1. The van der Waals surface area contributed by atoms with Gasteiger partial charge in [-0.25, -0.2) is 0 Å². The highest BCUT2D eigenvalue weighted by atomic mass is 19.4. The molecule has 1 aromatic carbocycles. The zero-order chi connectivity index (χ0) is 19.9. The molecular formula is C17H21F3N2O4. The fourth-order valence-electron chi connectivity index (χ4n) is 2.22. The average Bonchev–Trinajstić information content (AvgIpc) is 2.53. The molecule has 0 aromatic heterocycles. The largest absolute Gasteiger partial charge is 0.466 e. The van der Waals surface area contributed by atoms with Crippen molar-refractivity contribution in [1.29, 1.82) is 0 Å². The summed E-state index contributed by atoms with van der Waals surface area (Å²) in [5.74, 6) is -2.58. The second-order valence-electron chi connectivity index (χ2n) is 5.78. The Kier molecular flexibility index (Phi) is 7.60. The Labute approximate surface area is 148 Å². The highest BCUT2D eigenvalue weighted by Crippen LogP contribution is 2.29. The number of nitrogens with two attached hydrogens (primary N) is 1. The number of hydrogen-bond acceptors (Lipinski definition) is 4. The lowest BCUT2D eigenvalue weighted by molar-refractivity contribution is -0.148. The Morgan fingerprint density at radius 3 is 2.23 bits per heavy atom. The third kappa shape index (κ3) is 6.73. The SMILES string of the molecule is CCOC(=O)[C@@H](C)C[C@@H](NC(=O)Cc1ccc(C(F)(F)F)cc1)C(N)=O. The Morgan fingerprint density at radius 1 is 1.19 bits per heavy atom. The predicted molar refractivity (Wildman–Crippen MR) is 86.7 cm³/mol. The first-order chi connectivity index (χ1) is 12.0. The van der Waals surface area contributed by atoms with Gasteiger partial charge in [-0.05, 0) is 31.0 Å². The van der Waals surface area contributed by atoms with Gasteiger partial charge in [0.05, 0.1) is 24.5 Å². The van der Waals surface area contributed by atoms with Gasteiger partial charge in [-0.3, -0.25) is 14.4 Å². The second-order valence-corrected chi connectivity index (χ2v) is 5.78.